The lowest BCUT2D eigenvalue weighted by atomic mass is 10.1. The molecule has 114 valence electrons. The number of carboxylic acids is 1. The number of likely N-dealkylation sites (tertiary alicyclic amines) is 1. The van der Waals surface area contributed by atoms with Gasteiger partial charge in [-0.2, -0.15) is 0 Å². The Kier molecular flexibility index (Phi) is 4.80. The number of carbonyl (C=O) groups excluding carboxylic acids is 1. The van der Waals surface area contributed by atoms with Crippen molar-refractivity contribution < 1.29 is 19.8 Å². The lowest BCUT2D eigenvalue weighted by Gasteiger charge is -2.33. The molecule has 0 unspecified atom stereocenters. The average Bonchev–Trinajstić information content (AvgIpc) is 2.47. The summed E-state index contributed by atoms with van der Waals surface area (Å²) in [6.45, 7) is 1.57. The molecule has 0 saturated carbocycles. The summed E-state index contributed by atoms with van der Waals surface area (Å²) in [6.07, 6.45) is 0.933. The summed E-state index contributed by atoms with van der Waals surface area (Å²) in [5, 5.41) is 18.3. The van der Waals surface area contributed by atoms with Gasteiger partial charge in [0.05, 0.1) is 11.7 Å². The van der Waals surface area contributed by atoms with E-state index in [-0.39, 0.29) is 17.7 Å². The van der Waals surface area contributed by atoms with Crippen LogP contribution in [0.15, 0.2) is 24.3 Å². The van der Waals surface area contributed by atoms with Gasteiger partial charge in [-0.15, -0.1) is 0 Å². The van der Waals surface area contributed by atoms with Crippen molar-refractivity contribution in [3.63, 3.8) is 0 Å². The first-order valence-electron chi connectivity index (χ1n) is 6.97. The molecule has 0 bridgehead atoms. The predicted octanol–water partition coefficient (Wildman–Crippen LogP) is 1.39. The van der Waals surface area contributed by atoms with Crippen LogP contribution >= 0.6 is 0 Å². The van der Waals surface area contributed by atoms with Gasteiger partial charge in [0.25, 0.3) is 0 Å². The molecule has 0 radical (unpaired) electrons. The Bertz CT molecular complexity index is 507. The zero-order valence-corrected chi connectivity index (χ0v) is 12.0. The van der Waals surface area contributed by atoms with E-state index in [9.17, 15) is 14.7 Å². The first-order chi connectivity index (χ1) is 9.97. The van der Waals surface area contributed by atoms with E-state index in [4.69, 9.17) is 5.11 Å². The summed E-state index contributed by atoms with van der Waals surface area (Å²) in [5.74, 6) is -0.960. The molecule has 1 aromatic rings. The summed E-state index contributed by atoms with van der Waals surface area (Å²) in [6, 6.07) is 6.44. The van der Waals surface area contributed by atoms with E-state index in [1.807, 2.05) is 0 Å². The van der Waals surface area contributed by atoms with Gasteiger partial charge >= 0.3 is 12.0 Å². The first-order valence-corrected chi connectivity index (χ1v) is 6.97. The number of amides is 2. The third-order valence-electron chi connectivity index (χ3n) is 3.68. The quantitative estimate of drug-likeness (QED) is 0.882. The van der Waals surface area contributed by atoms with Gasteiger partial charge in [0.15, 0.2) is 0 Å². The Balaban J connectivity index is 1.92. The summed E-state index contributed by atoms with van der Waals surface area (Å²) in [7, 11) is 1.72. The number of aliphatic hydroxyl groups is 1. The summed E-state index contributed by atoms with van der Waals surface area (Å²) in [5.41, 5.74) is 1.12. The van der Waals surface area contributed by atoms with E-state index < -0.39 is 5.97 Å². The smallest absolute Gasteiger partial charge is 0.335 e. The van der Waals surface area contributed by atoms with Crippen molar-refractivity contribution in [1.29, 1.82) is 0 Å². The topological polar surface area (TPSA) is 81.1 Å². The fourth-order valence-corrected chi connectivity index (χ4v) is 2.39. The van der Waals surface area contributed by atoms with Gasteiger partial charge in [0, 0.05) is 26.7 Å². The van der Waals surface area contributed by atoms with Crippen LogP contribution in [0.1, 0.15) is 28.8 Å². The molecule has 1 aliphatic heterocycles. The molecule has 6 heteroatoms. The molecule has 1 heterocycles. The fraction of sp³-hybridized carbons (Fsp3) is 0.467. The van der Waals surface area contributed by atoms with Gasteiger partial charge < -0.3 is 20.0 Å². The van der Waals surface area contributed by atoms with Crippen molar-refractivity contribution in [2.75, 3.05) is 20.1 Å². The maximum absolute atomic E-state index is 12.3. The number of benzene rings is 1. The Hall–Kier alpha value is -2.08. The van der Waals surface area contributed by atoms with Crippen molar-refractivity contribution in [1.82, 2.24) is 9.80 Å². The molecule has 0 aromatic heterocycles. The molecule has 21 heavy (non-hydrogen) atoms. The molecular weight excluding hydrogens is 272 g/mol. The monoisotopic (exact) mass is 292 g/mol. The third-order valence-corrected chi connectivity index (χ3v) is 3.68. The number of aliphatic hydroxyl groups excluding tert-OH is 1. The number of hydrogen-bond donors (Lipinski definition) is 2. The van der Waals surface area contributed by atoms with Crippen LogP contribution in [-0.2, 0) is 6.54 Å². The van der Waals surface area contributed by atoms with E-state index >= 15 is 0 Å². The minimum absolute atomic E-state index is 0.0655. The summed E-state index contributed by atoms with van der Waals surface area (Å²) < 4.78 is 0. The van der Waals surface area contributed by atoms with Gasteiger partial charge in [0.2, 0.25) is 0 Å². The minimum Gasteiger partial charge on any atom is -0.478 e. The van der Waals surface area contributed by atoms with Gasteiger partial charge in [-0.1, -0.05) is 12.1 Å². The third kappa shape index (κ3) is 3.95. The second-order valence-electron chi connectivity index (χ2n) is 5.36. The van der Waals surface area contributed by atoms with Crippen LogP contribution in [0.2, 0.25) is 0 Å². The molecule has 1 saturated heterocycles. The molecule has 2 amide bonds. The number of aromatic carboxylic acids is 1. The zero-order chi connectivity index (χ0) is 15.4. The maximum Gasteiger partial charge on any atom is 0.335 e. The largest absolute Gasteiger partial charge is 0.478 e. The van der Waals surface area contributed by atoms with E-state index in [0.29, 0.717) is 32.5 Å². The molecular formula is C15H20N2O4. The van der Waals surface area contributed by atoms with Gasteiger partial charge in [-0.25, -0.2) is 9.59 Å². The van der Waals surface area contributed by atoms with Crippen LogP contribution in [0.4, 0.5) is 4.79 Å². The van der Waals surface area contributed by atoms with Gasteiger partial charge in [0.1, 0.15) is 0 Å². The molecule has 1 aromatic carbocycles. The Labute approximate surface area is 123 Å². The molecule has 0 atom stereocenters. The SMILES string of the molecule is CN(Cc1ccc(C(=O)O)cc1)C(=O)N1CCC(O)CC1. The number of hydrogen-bond acceptors (Lipinski definition) is 3. The van der Waals surface area contributed by atoms with Crippen LogP contribution in [0, 0.1) is 0 Å². The highest BCUT2D eigenvalue weighted by atomic mass is 16.4. The molecule has 0 spiro atoms. The average molecular weight is 292 g/mol. The number of carboxylic acid groups (broad SMARTS) is 1. The highest BCUT2D eigenvalue weighted by Gasteiger charge is 2.23. The van der Waals surface area contributed by atoms with E-state index in [0.717, 1.165) is 5.56 Å². The number of urea groups is 1. The highest BCUT2D eigenvalue weighted by Crippen LogP contribution is 2.13. The normalized spacial score (nSPS) is 15.8. The van der Waals surface area contributed by atoms with Crippen molar-refractivity contribution in [3.8, 4) is 0 Å². The molecule has 1 fully saturated rings. The fourth-order valence-electron chi connectivity index (χ4n) is 2.39. The lowest BCUT2D eigenvalue weighted by Crippen LogP contribution is -2.45. The lowest BCUT2D eigenvalue weighted by molar-refractivity contribution is 0.0696. The van der Waals surface area contributed by atoms with Crippen molar-refractivity contribution >= 4 is 12.0 Å². The number of piperidine rings is 1. The van der Waals surface area contributed by atoms with Crippen LogP contribution < -0.4 is 0 Å². The molecule has 2 rings (SSSR count). The van der Waals surface area contributed by atoms with Crippen molar-refractivity contribution in [2.45, 2.75) is 25.5 Å². The first kappa shape index (κ1) is 15.3. The van der Waals surface area contributed by atoms with Gasteiger partial charge in [-0.3, -0.25) is 0 Å². The van der Waals surface area contributed by atoms with Crippen LogP contribution in [0.25, 0.3) is 0 Å². The second kappa shape index (κ2) is 6.58. The Morgan fingerprint density at radius 2 is 1.81 bits per heavy atom. The van der Waals surface area contributed by atoms with E-state index in [1.165, 1.54) is 12.1 Å². The standard InChI is InChI=1S/C15H20N2O4/c1-16(15(21)17-8-6-13(18)7-9-17)10-11-2-4-12(5-3-11)14(19)20/h2-5,13,18H,6-10H2,1H3,(H,19,20). The van der Waals surface area contributed by atoms with Gasteiger partial charge in [-0.05, 0) is 30.5 Å². The maximum atomic E-state index is 12.3. The molecule has 1 aliphatic rings. The van der Waals surface area contributed by atoms with Crippen LogP contribution in [-0.4, -0.2) is 58.3 Å². The van der Waals surface area contributed by atoms with Crippen molar-refractivity contribution in [2.24, 2.45) is 0 Å². The zero-order valence-electron chi connectivity index (χ0n) is 12.0. The second-order valence-corrected chi connectivity index (χ2v) is 5.36. The number of carbonyl (C=O) groups is 2. The Morgan fingerprint density at radius 1 is 1.24 bits per heavy atom. The number of rotatable bonds is 3. The van der Waals surface area contributed by atoms with Crippen LogP contribution in [0.5, 0.6) is 0 Å². The predicted molar refractivity (Wildman–Crippen MR) is 77.1 cm³/mol. The Morgan fingerprint density at radius 3 is 2.33 bits per heavy atom. The molecule has 6 nitrogen and oxygen atoms in total. The number of nitrogens with zero attached hydrogens (tertiary/aromatic N) is 2. The molecule has 0 aliphatic carbocycles. The summed E-state index contributed by atoms with van der Waals surface area (Å²) >= 11 is 0. The van der Waals surface area contributed by atoms with E-state index in [2.05, 4.69) is 0 Å². The highest BCUT2D eigenvalue weighted by molar-refractivity contribution is 5.87. The summed E-state index contributed by atoms with van der Waals surface area (Å²) in [4.78, 5) is 26.4. The van der Waals surface area contributed by atoms with E-state index in [1.54, 1.807) is 29.0 Å². The van der Waals surface area contributed by atoms with Crippen molar-refractivity contribution in [3.05, 3.63) is 35.4 Å². The molecule has 2 N–H and O–H groups in total. The minimum atomic E-state index is -0.960. The van der Waals surface area contributed by atoms with Crippen LogP contribution in [0.3, 0.4) is 0 Å².